The van der Waals surface area contributed by atoms with Gasteiger partial charge in [0.1, 0.15) is 0 Å². The van der Waals surface area contributed by atoms with Crippen molar-refractivity contribution in [3.05, 3.63) is 77.4 Å². The lowest BCUT2D eigenvalue weighted by molar-refractivity contribution is -0.131. The number of carbonyl (C=O) groups is 1. The maximum atomic E-state index is 12.3. The van der Waals surface area contributed by atoms with Gasteiger partial charge in [0, 0.05) is 12.8 Å². The topological polar surface area (TPSA) is 32.7 Å². The average Bonchev–Trinajstić information content (AvgIpc) is 3.05. The molecule has 0 fully saturated rings. The highest BCUT2D eigenvalue weighted by atomic mass is 16.2. The SMILES string of the molecule is CCC(=O)N1N=C(c2ccc(C)cc2)C[C@H]1/C=C/c1ccccc1. The Balaban J connectivity index is 1.83. The van der Waals surface area contributed by atoms with Gasteiger partial charge >= 0.3 is 0 Å². The number of amides is 1. The van der Waals surface area contributed by atoms with Crippen molar-refractivity contribution in [2.24, 2.45) is 5.10 Å². The van der Waals surface area contributed by atoms with Gasteiger partial charge in [-0.05, 0) is 18.1 Å². The summed E-state index contributed by atoms with van der Waals surface area (Å²) in [6, 6.07) is 18.4. The highest BCUT2D eigenvalue weighted by Crippen LogP contribution is 2.23. The van der Waals surface area contributed by atoms with Crippen LogP contribution in [0, 0.1) is 6.92 Å². The first kappa shape index (κ1) is 16.2. The van der Waals surface area contributed by atoms with E-state index in [9.17, 15) is 4.79 Å². The first-order chi connectivity index (χ1) is 11.7. The Morgan fingerprint density at radius 2 is 1.88 bits per heavy atom. The summed E-state index contributed by atoms with van der Waals surface area (Å²) in [5.74, 6) is 0.0554. The molecular formula is C21H22N2O. The Labute approximate surface area is 143 Å². The summed E-state index contributed by atoms with van der Waals surface area (Å²) in [5.41, 5.74) is 4.41. The maximum Gasteiger partial charge on any atom is 0.242 e. The van der Waals surface area contributed by atoms with Crippen LogP contribution in [-0.2, 0) is 4.79 Å². The molecule has 0 aromatic heterocycles. The number of rotatable bonds is 4. The number of aryl methyl sites for hydroxylation is 1. The minimum atomic E-state index is -0.0195. The molecule has 0 N–H and O–H groups in total. The van der Waals surface area contributed by atoms with Crippen LogP contribution in [0.5, 0.6) is 0 Å². The summed E-state index contributed by atoms with van der Waals surface area (Å²) in [5, 5.41) is 6.24. The smallest absolute Gasteiger partial charge is 0.242 e. The van der Waals surface area contributed by atoms with Crippen LogP contribution in [0.3, 0.4) is 0 Å². The predicted molar refractivity (Wildman–Crippen MR) is 98.7 cm³/mol. The molecule has 1 heterocycles. The molecule has 24 heavy (non-hydrogen) atoms. The molecule has 122 valence electrons. The minimum absolute atomic E-state index is 0.0195. The van der Waals surface area contributed by atoms with Crippen molar-refractivity contribution in [3.8, 4) is 0 Å². The summed E-state index contributed by atoms with van der Waals surface area (Å²) in [7, 11) is 0. The summed E-state index contributed by atoms with van der Waals surface area (Å²) < 4.78 is 0. The molecule has 2 aromatic carbocycles. The van der Waals surface area contributed by atoms with E-state index in [1.54, 1.807) is 5.01 Å². The van der Waals surface area contributed by atoms with Crippen LogP contribution >= 0.6 is 0 Å². The summed E-state index contributed by atoms with van der Waals surface area (Å²) >= 11 is 0. The molecule has 0 spiro atoms. The third kappa shape index (κ3) is 3.62. The van der Waals surface area contributed by atoms with Crippen LogP contribution in [0.15, 0.2) is 65.8 Å². The Bertz CT molecular complexity index is 760. The van der Waals surface area contributed by atoms with Crippen LogP contribution in [0.2, 0.25) is 0 Å². The molecule has 0 unspecified atom stereocenters. The zero-order valence-electron chi connectivity index (χ0n) is 14.1. The first-order valence-corrected chi connectivity index (χ1v) is 8.37. The average molecular weight is 318 g/mol. The van der Waals surface area contributed by atoms with Gasteiger partial charge in [0.2, 0.25) is 5.91 Å². The molecule has 2 aromatic rings. The third-order valence-electron chi connectivity index (χ3n) is 4.20. The lowest BCUT2D eigenvalue weighted by atomic mass is 10.0. The number of hydrogen-bond acceptors (Lipinski definition) is 2. The van der Waals surface area contributed by atoms with Crippen LogP contribution in [0.4, 0.5) is 0 Å². The minimum Gasteiger partial charge on any atom is -0.273 e. The number of carbonyl (C=O) groups excluding carboxylic acids is 1. The van der Waals surface area contributed by atoms with Crippen LogP contribution in [0.25, 0.3) is 6.08 Å². The molecule has 1 aliphatic rings. The highest BCUT2D eigenvalue weighted by Gasteiger charge is 2.29. The van der Waals surface area contributed by atoms with E-state index in [0.717, 1.165) is 23.3 Å². The first-order valence-electron chi connectivity index (χ1n) is 8.37. The van der Waals surface area contributed by atoms with Crippen molar-refractivity contribution in [1.82, 2.24) is 5.01 Å². The van der Waals surface area contributed by atoms with Gasteiger partial charge in [-0.1, -0.05) is 79.2 Å². The molecule has 1 atom stereocenters. The van der Waals surface area contributed by atoms with E-state index in [1.807, 2.05) is 25.1 Å². The van der Waals surface area contributed by atoms with E-state index < -0.39 is 0 Å². The van der Waals surface area contributed by atoms with Crippen molar-refractivity contribution in [3.63, 3.8) is 0 Å². The normalized spacial score (nSPS) is 17.3. The van der Waals surface area contributed by atoms with Crippen molar-refractivity contribution in [2.45, 2.75) is 32.7 Å². The molecular weight excluding hydrogens is 296 g/mol. The van der Waals surface area contributed by atoms with Gasteiger partial charge in [0.25, 0.3) is 0 Å². The number of hydrazone groups is 1. The van der Waals surface area contributed by atoms with Crippen molar-refractivity contribution < 1.29 is 4.79 Å². The Morgan fingerprint density at radius 1 is 1.17 bits per heavy atom. The Morgan fingerprint density at radius 3 is 2.54 bits per heavy atom. The molecule has 0 bridgehead atoms. The second-order valence-corrected chi connectivity index (χ2v) is 6.05. The number of benzene rings is 2. The molecule has 1 amide bonds. The fourth-order valence-corrected chi connectivity index (χ4v) is 2.79. The second kappa shape index (κ2) is 7.26. The molecule has 0 saturated carbocycles. The van der Waals surface area contributed by atoms with Crippen molar-refractivity contribution in [1.29, 1.82) is 0 Å². The van der Waals surface area contributed by atoms with Gasteiger partial charge in [0.05, 0.1) is 11.8 Å². The second-order valence-electron chi connectivity index (χ2n) is 6.05. The van der Waals surface area contributed by atoms with Gasteiger partial charge in [-0.25, -0.2) is 5.01 Å². The molecule has 0 aliphatic carbocycles. The highest BCUT2D eigenvalue weighted by molar-refractivity contribution is 6.03. The van der Waals surface area contributed by atoms with E-state index in [1.165, 1.54) is 5.56 Å². The van der Waals surface area contributed by atoms with Gasteiger partial charge < -0.3 is 0 Å². The van der Waals surface area contributed by atoms with E-state index in [4.69, 9.17) is 0 Å². The van der Waals surface area contributed by atoms with E-state index in [2.05, 4.69) is 60.6 Å². The van der Waals surface area contributed by atoms with Gasteiger partial charge in [-0.15, -0.1) is 0 Å². The van der Waals surface area contributed by atoms with E-state index in [0.29, 0.717) is 6.42 Å². The van der Waals surface area contributed by atoms with E-state index >= 15 is 0 Å². The Kier molecular flexibility index (Phi) is 4.90. The molecule has 3 heteroatoms. The van der Waals surface area contributed by atoms with Crippen molar-refractivity contribution >= 4 is 17.7 Å². The standard InChI is InChI=1S/C21H22N2O/c1-3-21(24)23-19(14-11-17-7-5-4-6-8-17)15-20(22-23)18-12-9-16(2)10-13-18/h4-14,19H,3,15H2,1-2H3/b14-11+/t19-/m1/s1. The maximum absolute atomic E-state index is 12.3. The summed E-state index contributed by atoms with van der Waals surface area (Å²) in [6.45, 7) is 3.94. The third-order valence-corrected chi connectivity index (χ3v) is 4.20. The molecule has 0 radical (unpaired) electrons. The predicted octanol–water partition coefficient (Wildman–Crippen LogP) is 4.42. The lowest BCUT2D eigenvalue weighted by Crippen LogP contribution is -2.30. The number of hydrogen-bond donors (Lipinski definition) is 0. The van der Waals surface area contributed by atoms with E-state index in [-0.39, 0.29) is 11.9 Å². The summed E-state index contributed by atoms with van der Waals surface area (Å²) in [4.78, 5) is 12.3. The largest absolute Gasteiger partial charge is 0.273 e. The van der Waals surface area contributed by atoms with Gasteiger partial charge in [-0.3, -0.25) is 4.79 Å². The quantitative estimate of drug-likeness (QED) is 0.821. The van der Waals surface area contributed by atoms with Gasteiger partial charge in [-0.2, -0.15) is 5.10 Å². The van der Waals surface area contributed by atoms with Crippen molar-refractivity contribution in [2.75, 3.05) is 0 Å². The fraction of sp³-hybridized carbons (Fsp3) is 0.238. The monoisotopic (exact) mass is 318 g/mol. The lowest BCUT2D eigenvalue weighted by Gasteiger charge is -2.17. The van der Waals surface area contributed by atoms with Crippen LogP contribution < -0.4 is 0 Å². The molecule has 3 rings (SSSR count). The zero-order chi connectivity index (χ0) is 16.9. The molecule has 3 nitrogen and oxygen atoms in total. The Hall–Kier alpha value is -2.68. The van der Waals surface area contributed by atoms with Crippen LogP contribution in [-0.4, -0.2) is 22.7 Å². The zero-order valence-corrected chi connectivity index (χ0v) is 14.1. The van der Waals surface area contributed by atoms with Crippen LogP contribution in [0.1, 0.15) is 36.5 Å². The fourth-order valence-electron chi connectivity index (χ4n) is 2.79. The summed E-state index contributed by atoms with van der Waals surface area (Å²) in [6.07, 6.45) is 5.35. The molecule has 1 aliphatic heterocycles. The molecule has 0 saturated heterocycles. The van der Waals surface area contributed by atoms with Gasteiger partial charge in [0.15, 0.2) is 0 Å². The number of nitrogens with zero attached hydrogens (tertiary/aromatic N) is 2.